The fourth-order valence-corrected chi connectivity index (χ4v) is 5.98. The fraction of sp³-hybridized carbons (Fsp3) is 0.567. The van der Waals surface area contributed by atoms with E-state index >= 15 is 0 Å². The van der Waals surface area contributed by atoms with Gasteiger partial charge in [-0.15, -0.1) is 0 Å². The van der Waals surface area contributed by atoms with Gasteiger partial charge in [0.05, 0.1) is 35.3 Å². The lowest BCUT2D eigenvalue weighted by molar-refractivity contribution is -0.00833. The molecule has 0 radical (unpaired) electrons. The molecule has 1 amide bonds. The molecule has 1 N–H and O–H groups in total. The van der Waals surface area contributed by atoms with Crippen molar-refractivity contribution in [3.8, 4) is 5.75 Å². The number of carbonyl (C=O) groups is 1. The van der Waals surface area contributed by atoms with Crippen LogP contribution in [0, 0.1) is 5.92 Å². The molecule has 0 unspecified atom stereocenters. The standard InChI is InChI=1S/C30H45N3O6S/c1-22-19-33(23(2)21-34)30(35)27-18-25(31(4)5)15-16-28(27)39-24(3)12-10-11-17-38-29(22)20-32(6)40(36,37)26-13-8-7-9-14-26/h7-9,13-16,18,22-24,29,34H,10-12,17,19-21H2,1-6H3/t22-,23+,24+,29+/m1/s1. The Labute approximate surface area is 239 Å². The van der Waals surface area contributed by atoms with Crippen molar-refractivity contribution in [2.75, 3.05) is 52.3 Å². The van der Waals surface area contributed by atoms with Crippen LogP contribution in [0.25, 0.3) is 0 Å². The van der Waals surface area contributed by atoms with Gasteiger partial charge >= 0.3 is 0 Å². The van der Waals surface area contributed by atoms with Crippen LogP contribution in [0.4, 0.5) is 5.69 Å². The maximum Gasteiger partial charge on any atom is 0.258 e. The average Bonchev–Trinajstić information content (AvgIpc) is 2.94. The molecule has 2 aromatic carbocycles. The maximum atomic E-state index is 14.1. The monoisotopic (exact) mass is 575 g/mol. The zero-order chi connectivity index (χ0) is 29.4. The van der Waals surface area contributed by atoms with E-state index in [-0.39, 0.29) is 42.5 Å². The number of aliphatic hydroxyl groups excluding tert-OH is 1. The van der Waals surface area contributed by atoms with Gasteiger partial charge in [0.25, 0.3) is 5.91 Å². The van der Waals surface area contributed by atoms with Crippen LogP contribution in [-0.2, 0) is 14.8 Å². The number of sulfonamides is 1. The maximum absolute atomic E-state index is 14.1. The van der Waals surface area contributed by atoms with Crippen LogP contribution in [0.5, 0.6) is 5.75 Å². The first-order valence-corrected chi connectivity index (χ1v) is 15.4. The van der Waals surface area contributed by atoms with Gasteiger partial charge in [0.2, 0.25) is 10.0 Å². The van der Waals surface area contributed by atoms with E-state index in [4.69, 9.17) is 9.47 Å². The number of rotatable bonds is 7. The van der Waals surface area contributed by atoms with Gasteiger partial charge in [-0.1, -0.05) is 25.1 Å². The van der Waals surface area contributed by atoms with Crippen LogP contribution >= 0.6 is 0 Å². The summed E-state index contributed by atoms with van der Waals surface area (Å²) in [6.45, 7) is 6.40. The lowest BCUT2D eigenvalue weighted by Crippen LogP contribution is -2.48. The van der Waals surface area contributed by atoms with E-state index in [1.165, 1.54) is 4.31 Å². The Morgan fingerprint density at radius 1 is 1.07 bits per heavy atom. The summed E-state index contributed by atoms with van der Waals surface area (Å²) < 4.78 is 40.4. The van der Waals surface area contributed by atoms with Gasteiger partial charge in [-0.25, -0.2) is 8.42 Å². The Morgan fingerprint density at radius 2 is 1.77 bits per heavy atom. The zero-order valence-corrected chi connectivity index (χ0v) is 25.4. The summed E-state index contributed by atoms with van der Waals surface area (Å²) in [7, 11) is 1.67. The van der Waals surface area contributed by atoms with E-state index < -0.39 is 22.2 Å². The Morgan fingerprint density at radius 3 is 2.42 bits per heavy atom. The van der Waals surface area contributed by atoms with E-state index in [9.17, 15) is 18.3 Å². The van der Waals surface area contributed by atoms with E-state index in [2.05, 4.69) is 0 Å². The van der Waals surface area contributed by atoms with Gasteiger partial charge in [0.1, 0.15) is 5.75 Å². The molecular weight excluding hydrogens is 530 g/mol. The average molecular weight is 576 g/mol. The minimum absolute atomic E-state index is 0.111. The highest BCUT2D eigenvalue weighted by molar-refractivity contribution is 7.89. The van der Waals surface area contributed by atoms with Crippen LogP contribution in [0.2, 0.25) is 0 Å². The van der Waals surface area contributed by atoms with Gasteiger partial charge in [-0.2, -0.15) is 4.31 Å². The van der Waals surface area contributed by atoms with Crippen molar-refractivity contribution < 1.29 is 27.8 Å². The van der Waals surface area contributed by atoms with Crippen molar-refractivity contribution in [2.24, 2.45) is 5.92 Å². The normalized spacial score (nSPS) is 22.2. The number of nitrogens with zero attached hydrogens (tertiary/aromatic N) is 3. The molecule has 0 aliphatic carbocycles. The first-order valence-electron chi connectivity index (χ1n) is 14.0. The number of anilines is 1. The summed E-state index contributed by atoms with van der Waals surface area (Å²) in [4.78, 5) is 17.9. The minimum Gasteiger partial charge on any atom is -0.490 e. The highest BCUT2D eigenvalue weighted by Gasteiger charge is 2.32. The van der Waals surface area contributed by atoms with Crippen LogP contribution < -0.4 is 9.64 Å². The molecule has 10 heteroatoms. The fourth-order valence-electron chi connectivity index (χ4n) is 4.78. The molecule has 0 bridgehead atoms. The second-order valence-electron chi connectivity index (χ2n) is 11.0. The molecular formula is C30H45N3O6S. The third-order valence-corrected chi connectivity index (χ3v) is 9.28. The molecule has 0 saturated heterocycles. The number of likely N-dealkylation sites (N-methyl/N-ethyl adjacent to an activating group) is 1. The SMILES string of the molecule is C[C@@H]1CN([C@@H](C)CO)C(=O)c2cc(N(C)C)ccc2O[C@@H](C)CCCCO[C@H]1CN(C)S(=O)(=O)c1ccccc1. The van der Waals surface area contributed by atoms with E-state index in [0.717, 1.165) is 24.9 Å². The molecule has 1 heterocycles. The molecule has 2 aromatic rings. The minimum atomic E-state index is -3.72. The van der Waals surface area contributed by atoms with Gasteiger partial charge in [-0.3, -0.25) is 4.79 Å². The molecule has 222 valence electrons. The summed E-state index contributed by atoms with van der Waals surface area (Å²) in [5.74, 6) is 0.0412. The van der Waals surface area contributed by atoms with Crippen molar-refractivity contribution in [2.45, 2.75) is 63.2 Å². The number of carbonyl (C=O) groups excluding carboxylic acids is 1. The molecule has 0 fully saturated rings. The quantitative estimate of drug-likeness (QED) is 0.535. The molecule has 0 spiro atoms. The van der Waals surface area contributed by atoms with Crippen LogP contribution in [0.3, 0.4) is 0 Å². The van der Waals surface area contributed by atoms with Crippen LogP contribution in [-0.4, -0.2) is 94.3 Å². The summed E-state index contributed by atoms with van der Waals surface area (Å²) in [5, 5.41) is 10.1. The Balaban J connectivity index is 1.96. The van der Waals surface area contributed by atoms with Gasteiger partial charge < -0.3 is 24.4 Å². The second kappa shape index (κ2) is 14.3. The van der Waals surface area contributed by atoms with Crippen molar-refractivity contribution in [3.63, 3.8) is 0 Å². The van der Waals surface area contributed by atoms with Crippen LogP contribution in [0.1, 0.15) is 50.4 Å². The molecule has 4 atom stereocenters. The predicted octanol–water partition coefficient (Wildman–Crippen LogP) is 3.87. The molecule has 9 nitrogen and oxygen atoms in total. The van der Waals surface area contributed by atoms with Crippen molar-refractivity contribution >= 4 is 21.6 Å². The first-order chi connectivity index (χ1) is 18.9. The number of amides is 1. The molecule has 0 saturated carbocycles. The Hall–Kier alpha value is -2.66. The summed E-state index contributed by atoms with van der Waals surface area (Å²) in [6, 6.07) is 13.5. The summed E-state index contributed by atoms with van der Waals surface area (Å²) >= 11 is 0. The van der Waals surface area contributed by atoms with Crippen molar-refractivity contribution in [1.82, 2.24) is 9.21 Å². The largest absolute Gasteiger partial charge is 0.490 e. The van der Waals surface area contributed by atoms with E-state index in [1.807, 2.05) is 51.0 Å². The van der Waals surface area contributed by atoms with Crippen molar-refractivity contribution in [3.05, 3.63) is 54.1 Å². The van der Waals surface area contributed by atoms with Gasteiger partial charge in [-0.05, 0) is 63.4 Å². The Bertz CT molecular complexity index is 1210. The number of hydrogen-bond donors (Lipinski definition) is 1. The number of ether oxygens (including phenoxy) is 2. The van der Waals surface area contributed by atoms with Gasteiger partial charge in [0.15, 0.2) is 0 Å². The van der Waals surface area contributed by atoms with E-state index in [1.54, 1.807) is 49.2 Å². The number of hydrogen-bond acceptors (Lipinski definition) is 7. The third kappa shape index (κ3) is 7.96. The lowest BCUT2D eigenvalue weighted by atomic mass is 10.0. The topological polar surface area (TPSA) is 99.6 Å². The number of aliphatic hydroxyl groups is 1. The first kappa shape index (κ1) is 31.9. The molecule has 3 rings (SSSR count). The highest BCUT2D eigenvalue weighted by Crippen LogP contribution is 2.29. The number of fused-ring (bicyclic) bond motifs is 1. The smallest absolute Gasteiger partial charge is 0.258 e. The number of benzene rings is 2. The molecule has 1 aliphatic rings. The van der Waals surface area contributed by atoms with E-state index in [0.29, 0.717) is 17.9 Å². The summed E-state index contributed by atoms with van der Waals surface area (Å²) in [6.07, 6.45) is 1.88. The molecule has 0 aromatic heterocycles. The summed E-state index contributed by atoms with van der Waals surface area (Å²) in [5.41, 5.74) is 1.30. The van der Waals surface area contributed by atoms with Gasteiger partial charge in [0, 0.05) is 52.4 Å². The molecule has 40 heavy (non-hydrogen) atoms. The third-order valence-electron chi connectivity index (χ3n) is 7.44. The zero-order valence-electron chi connectivity index (χ0n) is 24.6. The molecule has 1 aliphatic heterocycles. The highest BCUT2D eigenvalue weighted by atomic mass is 32.2. The Kier molecular flexibility index (Phi) is 11.4. The lowest BCUT2D eigenvalue weighted by Gasteiger charge is -2.35. The predicted molar refractivity (Wildman–Crippen MR) is 157 cm³/mol. The van der Waals surface area contributed by atoms with Crippen LogP contribution in [0.15, 0.2) is 53.4 Å². The second-order valence-corrected chi connectivity index (χ2v) is 13.0. The van der Waals surface area contributed by atoms with Crippen molar-refractivity contribution in [1.29, 1.82) is 0 Å².